The lowest BCUT2D eigenvalue weighted by Gasteiger charge is -2.05. The molecule has 5 nitrogen and oxygen atoms in total. The number of anilines is 1. The third-order valence-electron chi connectivity index (χ3n) is 3.43. The SMILES string of the molecule is CCCOc1cccn2cc(-c3ccc(OC)c(N)c3)nc12. The molecule has 0 spiro atoms. The van der Waals surface area contributed by atoms with E-state index in [1.807, 2.05) is 47.1 Å². The van der Waals surface area contributed by atoms with Gasteiger partial charge in [0.05, 0.1) is 25.1 Å². The zero-order valence-electron chi connectivity index (χ0n) is 12.7. The maximum atomic E-state index is 5.97. The molecule has 1 aromatic carbocycles. The van der Waals surface area contributed by atoms with E-state index in [1.54, 1.807) is 7.11 Å². The number of nitrogens with zero attached hydrogens (tertiary/aromatic N) is 2. The molecule has 5 heteroatoms. The van der Waals surface area contributed by atoms with Gasteiger partial charge in [-0.05, 0) is 36.8 Å². The fourth-order valence-electron chi connectivity index (χ4n) is 2.34. The number of pyridine rings is 1. The van der Waals surface area contributed by atoms with Crippen molar-refractivity contribution in [2.24, 2.45) is 0 Å². The molecule has 0 bridgehead atoms. The van der Waals surface area contributed by atoms with E-state index >= 15 is 0 Å². The Balaban J connectivity index is 2.03. The number of nitrogens with two attached hydrogens (primary N) is 1. The van der Waals surface area contributed by atoms with Crippen LogP contribution in [-0.2, 0) is 0 Å². The minimum atomic E-state index is 0.597. The summed E-state index contributed by atoms with van der Waals surface area (Å²) in [4.78, 5) is 4.67. The number of nitrogen functional groups attached to an aromatic ring is 1. The largest absolute Gasteiger partial charge is 0.495 e. The molecule has 0 aliphatic heterocycles. The molecule has 0 radical (unpaired) electrons. The maximum Gasteiger partial charge on any atom is 0.180 e. The zero-order valence-corrected chi connectivity index (χ0v) is 12.7. The summed E-state index contributed by atoms with van der Waals surface area (Å²) in [7, 11) is 1.60. The number of benzene rings is 1. The van der Waals surface area contributed by atoms with Crippen molar-refractivity contribution in [1.82, 2.24) is 9.38 Å². The average molecular weight is 297 g/mol. The Labute approximate surface area is 129 Å². The Morgan fingerprint density at radius 3 is 2.82 bits per heavy atom. The standard InChI is InChI=1S/C17H19N3O2/c1-3-9-22-16-5-4-8-20-11-14(19-17(16)20)12-6-7-15(21-2)13(18)10-12/h4-8,10-11H,3,9,18H2,1-2H3. The summed E-state index contributed by atoms with van der Waals surface area (Å²) in [5.74, 6) is 1.46. The first-order valence-electron chi connectivity index (χ1n) is 7.27. The van der Waals surface area contributed by atoms with Gasteiger partial charge < -0.3 is 19.6 Å². The molecule has 0 unspecified atom stereocenters. The van der Waals surface area contributed by atoms with Gasteiger partial charge in [0.1, 0.15) is 5.75 Å². The third kappa shape index (κ3) is 2.57. The number of aromatic nitrogens is 2. The molecule has 3 aromatic rings. The lowest BCUT2D eigenvalue weighted by Crippen LogP contribution is -1.97. The van der Waals surface area contributed by atoms with Gasteiger partial charge in [0.2, 0.25) is 0 Å². The lowest BCUT2D eigenvalue weighted by molar-refractivity contribution is 0.319. The van der Waals surface area contributed by atoms with E-state index in [9.17, 15) is 0 Å². The molecule has 2 aromatic heterocycles. The van der Waals surface area contributed by atoms with Crippen molar-refractivity contribution < 1.29 is 9.47 Å². The van der Waals surface area contributed by atoms with Gasteiger partial charge in [0.25, 0.3) is 0 Å². The van der Waals surface area contributed by atoms with Gasteiger partial charge in [-0.3, -0.25) is 0 Å². The number of hydrogen-bond acceptors (Lipinski definition) is 4. The normalized spacial score (nSPS) is 10.8. The topological polar surface area (TPSA) is 61.8 Å². The van der Waals surface area contributed by atoms with E-state index in [4.69, 9.17) is 15.2 Å². The van der Waals surface area contributed by atoms with Crippen LogP contribution in [0.5, 0.6) is 11.5 Å². The number of fused-ring (bicyclic) bond motifs is 1. The van der Waals surface area contributed by atoms with Crippen molar-refractivity contribution in [3.63, 3.8) is 0 Å². The summed E-state index contributed by atoms with van der Waals surface area (Å²) >= 11 is 0. The first-order chi connectivity index (χ1) is 10.7. The van der Waals surface area contributed by atoms with Crippen molar-refractivity contribution in [3.8, 4) is 22.8 Å². The smallest absolute Gasteiger partial charge is 0.180 e. The molecule has 2 N–H and O–H groups in total. The molecule has 22 heavy (non-hydrogen) atoms. The average Bonchev–Trinajstić information content (AvgIpc) is 2.97. The van der Waals surface area contributed by atoms with Gasteiger partial charge in [-0.2, -0.15) is 0 Å². The van der Waals surface area contributed by atoms with Crippen LogP contribution in [0.15, 0.2) is 42.7 Å². The van der Waals surface area contributed by atoms with Crippen molar-refractivity contribution in [3.05, 3.63) is 42.7 Å². The Morgan fingerprint density at radius 2 is 2.09 bits per heavy atom. The molecule has 0 saturated heterocycles. The van der Waals surface area contributed by atoms with Crippen molar-refractivity contribution in [2.75, 3.05) is 19.5 Å². The van der Waals surface area contributed by atoms with Crippen molar-refractivity contribution in [1.29, 1.82) is 0 Å². The second-order valence-corrected chi connectivity index (χ2v) is 5.03. The van der Waals surface area contributed by atoms with Crippen molar-refractivity contribution >= 4 is 11.3 Å². The number of methoxy groups -OCH3 is 1. The van der Waals surface area contributed by atoms with Gasteiger partial charge in [0, 0.05) is 18.0 Å². The first-order valence-corrected chi connectivity index (χ1v) is 7.27. The summed E-state index contributed by atoms with van der Waals surface area (Å²) in [5.41, 5.74) is 9.17. The second kappa shape index (κ2) is 5.97. The van der Waals surface area contributed by atoms with Crippen LogP contribution in [0.2, 0.25) is 0 Å². The van der Waals surface area contributed by atoms with Crippen LogP contribution in [0.4, 0.5) is 5.69 Å². The van der Waals surface area contributed by atoms with Crippen LogP contribution in [0.3, 0.4) is 0 Å². The second-order valence-electron chi connectivity index (χ2n) is 5.03. The molecule has 2 heterocycles. The Hall–Kier alpha value is -2.69. The van der Waals surface area contributed by atoms with E-state index in [2.05, 4.69) is 11.9 Å². The number of rotatable bonds is 5. The predicted molar refractivity (Wildman–Crippen MR) is 87.4 cm³/mol. The predicted octanol–water partition coefficient (Wildman–Crippen LogP) is 3.38. The van der Waals surface area contributed by atoms with Crippen LogP contribution in [0.25, 0.3) is 16.9 Å². The molecule has 0 amide bonds. The maximum absolute atomic E-state index is 5.97. The summed E-state index contributed by atoms with van der Waals surface area (Å²) in [5, 5.41) is 0. The van der Waals surface area contributed by atoms with E-state index in [0.717, 1.165) is 29.1 Å². The third-order valence-corrected chi connectivity index (χ3v) is 3.43. The fourth-order valence-corrected chi connectivity index (χ4v) is 2.34. The summed E-state index contributed by atoms with van der Waals surface area (Å²) in [6.45, 7) is 2.76. The molecule has 0 saturated carbocycles. The molecule has 0 atom stereocenters. The minimum absolute atomic E-state index is 0.597. The van der Waals surface area contributed by atoms with E-state index in [0.29, 0.717) is 18.0 Å². The van der Waals surface area contributed by atoms with E-state index in [-0.39, 0.29) is 0 Å². The van der Waals surface area contributed by atoms with Crippen LogP contribution in [0.1, 0.15) is 13.3 Å². The Kier molecular flexibility index (Phi) is 3.87. The molecular formula is C17H19N3O2. The van der Waals surface area contributed by atoms with E-state index in [1.165, 1.54) is 0 Å². The monoisotopic (exact) mass is 297 g/mol. The quantitative estimate of drug-likeness (QED) is 0.733. The Bertz CT molecular complexity index is 796. The minimum Gasteiger partial charge on any atom is -0.495 e. The summed E-state index contributed by atoms with van der Waals surface area (Å²) in [6.07, 6.45) is 4.89. The van der Waals surface area contributed by atoms with Gasteiger partial charge in [-0.1, -0.05) is 6.92 Å². The highest BCUT2D eigenvalue weighted by Gasteiger charge is 2.10. The first kappa shape index (κ1) is 14.3. The molecule has 0 aliphatic carbocycles. The number of hydrogen-bond donors (Lipinski definition) is 1. The highest BCUT2D eigenvalue weighted by Crippen LogP contribution is 2.29. The lowest BCUT2D eigenvalue weighted by atomic mass is 10.1. The molecule has 114 valence electrons. The van der Waals surface area contributed by atoms with Gasteiger partial charge in [-0.25, -0.2) is 4.98 Å². The van der Waals surface area contributed by atoms with Crippen LogP contribution < -0.4 is 15.2 Å². The summed E-state index contributed by atoms with van der Waals surface area (Å²) < 4.78 is 12.9. The van der Waals surface area contributed by atoms with Gasteiger partial charge >= 0.3 is 0 Å². The van der Waals surface area contributed by atoms with Crippen LogP contribution >= 0.6 is 0 Å². The van der Waals surface area contributed by atoms with Crippen LogP contribution in [0, 0.1) is 0 Å². The fraction of sp³-hybridized carbons (Fsp3) is 0.235. The molecule has 0 fully saturated rings. The highest BCUT2D eigenvalue weighted by molar-refractivity contribution is 5.71. The molecular weight excluding hydrogens is 278 g/mol. The number of imidazole rings is 1. The van der Waals surface area contributed by atoms with E-state index < -0.39 is 0 Å². The van der Waals surface area contributed by atoms with Crippen LogP contribution in [-0.4, -0.2) is 23.1 Å². The molecule has 0 aliphatic rings. The van der Waals surface area contributed by atoms with Crippen molar-refractivity contribution in [2.45, 2.75) is 13.3 Å². The molecule has 3 rings (SSSR count). The Morgan fingerprint density at radius 1 is 1.23 bits per heavy atom. The van der Waals surface area contributed by atoms with Gasteiger partial charge in [-0.15, -0.1) is 0 Å². The van der Waals surface area contributed by atoms with Gasteiger partial charge in [0.15, 0.2) is 11.4 Å². The number of ether oxygens (including phenoxy) is 2. The zero-order chi connectivity index (χ0) is 15.5. The highest BCUT2D eigenvalue weighted by atomic mass is 16.5. The summed E-state index contributed by atoms with van der Waals surface area (Å²) in [6, 6.07) is 9.55.